The van der Waals surface area contributed by atoms with Crippen LogP contribution in [0.1, 0.15) is 45.8 Å². The predicted octanol–water partition coefficient (Wildman–Crippen LogP) is 9.19. The van der Waals surface area contributed by atoms with E-state index in [0.717, 1.165) is 62.4 Å². The number of benzene rings is 2. The van der Waals surface area contributed by atoms with Gasteiger partial charge >= 0.3 is 0 Å². The highest BCUT2D eigenvalue weighted by atomic mass is 15.1. The molecule has 0 spiro atoms. The summed E-state index contributed by atoms with van der Waals surface area (Å²) in [5.41, 5.74) is 9.04. The summed E-state index contributed by atoms with van der Waals surface area (Å²) in [5.74, 6) is 1.58. The third-order valence-corrected chi connectivity index (χ3v) is 7.56. The summed E-state index contributed by atoms with van der Waals surface area (Å²) in [5, 5.41) is 8.57. The van der Waals surface area contributed by atoms with Crippen LogP contribution < -0.4 is 0 Å². The van der Waals surface area contributed by atoms with Gasteiger partial charge in [0.2, 0.25) is 0 Å². The van der Waals surface area contributed by atoms with Crippen LogP contribution in [-0.4, -0.2) is 75.0 Å². The van der Waals surface area contributed by atoms with Gasteiger partial charge in [-0.05, 0) is 116 Å². The summed E-state index contributed by atoms with van der Waals surface area (Å²) in [6, 6.07) is 33.4. The lowest BCUT2D eigenvalue weighted by molar-refractivity contribution is 0.974. The predicted molar refractivity (Wildman–Crippen MR) is 251 cm³/mol. The van der Waals surface area contributed by atoms with Crippen molar-refractivity contribution in [3.63, 3.8) is 0 Å². The number of pyridine rings is 2. The average Bonchev–Trinajstić information content (AvgIpc) is 3.32. The molecule has 324 valence electrons. The van der Waals surface area contributed by atoms with Crippen LogP contribution in [0.3, 0.4) is 0 Å². The first kappa shape index (κ1) is 50.0. The van der Waals surface area contributed by atoms with Gasteiger partial charge in [-0.2, -0.15) is 10.2 Å². The normalized spacial score (nSPS) is 9.25. The molecule has 2 aromatic carbocycles. The lowest BCUT2D eigenvalue weighted by Gasteiger charge is -1.95. The molecule has 0 aliphatic rings. The lowest BCUT2D eigenvalue weighted by Crippen LogP contribution is -1.85. The molecule has 0 saturated carbocycles. The van der Waals surface area contributed by atoms with Gasteiger partial charge in [0.15, 0.2) is 0 Å². The molecule has 0 unspecified atom stereocenters. The molecular formula is C49H53N15. The Morgan fingerprint density at radius 3 is 1.38 bits per heavy atom. The van der Waals surface area contributed by atoms with Crippen molar-refractivity contribution in [2.75, 3.05) is 0 Å². The standard InChI is InChI=1S/C10H9N.C9H8N2.C6H7N.4C5H6N2.C4H5N3/c1-8-6-7-9-4-2-3-5-10(9)11-8;1-7-6-10-8-4-2-3-5-9(8)11-7;1-6-4-2-3-5-7-6;1-5-4-6-2-3-7-5;1-5-2-3-6-4-7-5;1-5-6-3-2-4-7-5;1-5-3-2-4-6-7-5;1-4-6-2-5-3-7-4/h2-7H,1H3;2-6H,1H3;2-5H,1H3;4*2-4H,1H3;2-3H,1H3. The summed E-state index contributed by atoms with van der Waals surface area (Å²) in [4.78, 5) is 51.1. The minimum atomic E-state index is 0.759. The van der Waals surface area contributed by atoms with E-state index < -0.39 is 0 Å². The summed E-state index contributed by atoms with van der Waals surface area (Å²) >= 11 is 0. The molecule has 0 aliphatic heterocycles. The largest absolute Gasteiger partial charge is 0.262 e. The maximum atomic E-state index is 4.38. The first-order chi connectivity index (χ1) is 31.1. The molecule has 64 heavy (non-hydrogen) atoms. The third-order valence-electron chi connectivity index (χ3n) is 7.56. The van der Waals surface area contributed by atoms with Crippen molar-refractivity contribution in [3.05, 3.63) is 224 Å². The number of hydrogen-bond donors (Lipinski definition) is 0. The van der Waals surface area contributed by atoms with Crippen LogP contribution >= 0.6 is 0 Å². The summed E-state index contributed by atoms with van der Waals surface area (Å²) in [6.07, 6.45) is 19.9. The molecule has 0 fully saturated rings. The first-order valence-corrected chi connectivity index (χ1v) is 20.0. The monoisotopic (exact) mass is 851 g/mol. The zero-order valence-corrected chi connectivity index (χ0v) is 37.5. The van der Waals surface area contributed by atoms with Gasteiger partial charge in [0.25, 0.3) is 0 Å². The molecule has 8 aromatic heterocycles. The zero-order chi connectivity index (χ0) is 46.0. The Labute approximate surface area is 374 Å². The molecule has 8 heterocycles. The number of rotatable bonds is 0. The maximum absolute atomic E-state index is 4.38. The van der Waals surface area contributed by atoms with Crippen LogP contribution in [-0.2, 0) is 0 Å². The number of nitrogens with zero attached hydrogens (tertiary/aromatic N) is 15. The van der Waals surface area contributed by atoms with Gasteiger partial charge in [-0.1, -0.05) is 42.5 Å². The Balaban J connectivity index is 0.000000196. The van der Waals surface area contributed by atoms with Gasteiger partial charge in [0.1, 0.15) is 30.6 Å². The quantitative estimate of drug-likeness (QED) is 0.140. The fourth-order valence-corrected chi connectivity index (χ4v) is 4.45. The summed E-state index contributed by atoms with van der Waals surface area (Å²) in [6.45, 7) is 15.4. The molecule has 0 bridgehead atoms. The van der Waals surface area contributed by atoms with E-state index >= 15 is 0 Å². The van der Waals surface area contributed by atoms with Gasteiger partial charge < -0.3 is 0 Å². The maximum Gasteiger partial charge on any atom is 0.128 e. The molecule has 0 aliphatic carbocycles. The van der Waals surface area contributed by atoms with E-state index in [0.29, 0.717) is 0 Å². The van der Waals surface area contributed by atoms with Crippen LogP contribution in [0.4, 0.5) is 0 Å². The lowest BCUT2D eigenvalue weighted by atomic mass is 10.2. The smallest absolute Gasteiger partial charge is 0.128 e. The van der Waals surface area contributed by atoms with Crippen molar-refractivity contribution in [2.24, 2.45) is 0 Å². The van der Waals surface area contributed by atoms with Crippen molar-refractivity contribution in [3.8, 4) is 0 Å². The average molecular weight is 852 g/mol. The number of fused-ring (bicyclic) bond motifs is 2. The summed E-state index contributed by atoms with van der Waals surface area (Å²) < 4.78 is 0. The Hall–Kier alpha value is -8.33. The molecule has 10 aromatic rings. The number of para-hydroxylation sites is 3. The van der Waals surface area contributed by atoms with E-state index in [4.69, 9.17) is 0 Å². The fourth-order valence-electron chi connectivity index (χ4n) is 4.45. The van der Waals surface area contributed by atoms with Gasteiger partial charge in [-0.3, -0.25) is 24.9 Å². The number of hydrogen-bond acceptors (Lipinski definition) is 15. The van der Waals surface area contributed by atoms with Crippen LogP contribution in [0, 0.1) is 55.4 Å². The van der Waals surface area contributed by atoms with Crippen LogP contribution in [0.25, 0.3) is 21.9 Å². The van der Waals surface area contributed by atoms with Crippen LogP contribution in [0.2, 0.25) is 0 Å². The fraction of sp³-hybridized carbons (Fsp3) is 0.163. The van der Waals surface area contributed by atoms with Crippen molar-refractivity contribution in [2.45, 2.75) is 55.4 Å². The Morgan fingerprint density at radius 1 is 0.297 bits per heavy atom. The van der Waals surface area contributed by atoms with Crippen LogP contribution in [0.5, 0.6) is 0 Å². The van der Waals surface area contributed by atoms with Gasteiger partial charge in [0, 0.05) is 78.2 Å². The van der Waals surface area contributed by atoms with Crippen molar-refractivity contribution < 1.29 is 0 Å². The highest BCUT2D eigenvalue weighted by Gasteiger charge is 1.93. The van der Waals surface area contributed by atoms with Gasteiger partial charge in [-0.15, -0.1) is 0 Å². The topological polar surface area (TPSA) is 193 Å². The number of aromatic nitrogens is 15. The molecule has 0 saturated heterocycles. The molecule has 10 rings (SSSR count). The van der Waals surface area contributed by atoms with Gasteiger partial charge in [0.05, 0.1) is 33.6 Å². The van der Waals surface area contributed by atoms with Crippen molar-refractivity contribution >= 4 is 21.9 Å². The molecule has 15 nitrogen and oxygen atoms in total. The second kappa shape index (κ2) is 30.7. The molecular weight excluding hydrogens is 799 g/mol. The summed E-state index contributed by atoms with van der Waals surface area (Å²) in [7, 11) is 0. The number of aryl methyl sites for hydroxylation is 8. The minimum absolute atomic E-state index is 0.759. The van der Waals surface area contributed by atoms with Gasteiger partial charge in [-0.25, -0.2) is 39.9 Å². The van der Waals surface area contributed by atoms with E-state index in [1.54, 1.807) is 61.8 Å². The van der Waals surface area contributed by atoms with Crippen molar-refractivity contribution in [1.82, 2.24) is 75.0 Å². The Kier molecular flexibility index (Phi) is 24.0. The molecule has 0 amide bonds. The first-order valence-electron chi connectivity index (χ1n) is 20.0. The second-order valence-electron chi connectivity index (χ2n) is 13.2. The molecule has 15 heteroatoms. The molecule has 0 radical (unpaired) electrons. The zero-order valence-electron chi connectivity index (χ0n) is 37.5. The van der Waals surface area contributed by atoms with E-state index in [1.807, 2.05) is 140 Å². The third kappa shape index (κ3) is 23.5. The van der Waals surface area contributed by atoms with E-state index in [-0.39, 0.29) is 0 Å². The van der Waals surface area contributed by atoms with Crippen molar-refractivity contribution in [1.29, 1.82) is 0 Å². The van der Waals surface area contributed by atoms with E-state index in [9.17, 15) is 0 Å². The molecule has 0 N–H and O–H groups in total. The highest BCUT2D eigenvalue weighted by Crippen LogP contribution is 2.10. The van der Waals surface area contributed by atoms with E-state index in [2.05, 4.69) is 87.1 Å². The minimum Gasteiger partial charge on any atom is -0.262 e. The van der Waals surface area contributed by atoms with E-state index in [1.165, 1.54) is 24.4 Å². The molecule has 0 atom stereocenters. The Bertz CT molecular complexity index is 2320. The Morgan fingerprint density at radius 2 is 0.906 bits per heavy atom. The second-order valence-corrected chi connectivity index (χ2v) is 13.2. The highest BCUT2D eigenvalue weighted by molar-refractivity contribution is 5.78. The van der Waals surface area contributed by atoms with Crippen LogP contribution in [0.15, 0.2) is 178 Å². The SMILES string of the molecule is Cc1ccc2ccccc2n1.Cc1ccccn1.Cc1cccnn1.Cc1ccncn1.Cc1cnc2ccccc2n1.Cc1cnccn1.Cc1ncccn1.Cc1ncncn1.